The number of hydrogen-bond donors (Lipinski definition) is 0. The molecule has 0 N–H and O–H groups in total. The van der Waals surface area contributed by atoms with Crippen molar-refractivity contribution < 1.29 is 4.79 Å². The first-order valence-corrected chi connectivity index (χ1v) is 6.00. The van der Waals surface area contributed by atoms with Gasteiger partial charge in [-0.05, 0) is 31.8 Å². The molecule has 0 aromatic heterocycles. The quantitative estimate of drug-likeness (QED) is 0.675. The number of nitrogens with zero attached hydrogens (tertiary/aromatic N) is 1. The molecule has 0 amide bonds. The van der Waals surface area contributed by atoms with Crippen LogP contribution in [0, 0.1) is 5.92 Å². The Morgan fingerprint density at radius 3 is 2.43 bits per heavy atom. The Kier molecular flexibility index (Phi) is 5.16. The van der Waals surface area contributed by atoms with E-state index in [2.05, 4.69) is 11.8 Å². The van der Waals surface area contributed by atoms with Crippen molar-refractivity contribution in [2.24, 2.45) is 5.92 Å². The third-order valence-corrected chi connectivity index (χ3v) is 3.39. The van der Waals surface area contributed by atoms with Crippen LogP contribution in [-0.4, -0.2) is 30.3 Å². The molecule has 1 heterocycles. The van der Waals surface area contributed by atoms with E-state index in [0.717, 1.165) is 18.9 Å². The molecule has 0 spiro atoms. The molecule has 0 unspecified atom stereocenters. The molecule has 2 nitrogen and oxygen atoms in total. The summed E-state index contributed by atoms with van der Waals surface area (Å²) in [5.41, 5.74) is 0. The first-order chi connectivity index (χ1) is 6.76. The molecule has 1 fully saturated rings. The molecule has 1 rings (SSSR count). The summed E-state index contributed by atoms with van der Waals surface area (Å²) in [4.78, 5) is 13.6. The summed E-state index contributed by atoms with van der Waals surface area (Å²) in [7, 11) is 0. The van der Waals surface area contributed by atoms with Crippen LogP contribution in [0.15, 0.2) is 0 Å². The zero-order valence-corrected chi connectivity index (χ0v) is 9.59. The molecule has 1 aliphatic rings. The van der Waals surface area contributed by atoms with Gasteiger partial charge in [0.05, 0.1) is 0 Å². The Balaban J connectivity index is 2.13. The summed E-state index contributed by atoms with van der Waals surface area (Å²) in [6, 6.07) is 0. The number of likely N-dealkylation sites (tertiary alicyclic amines) is 1. The van der Waals surface area contributed by atoms with Gasteiger partial charge in [0.1, 0.15) is 5.78 Å². The maximum Gasteiger partial charge on any atom is 0.133 e. The lowest BCUT2D eigenvalue weighted by molar-refractivity contribution is -0.119. The lowest BCUT2D eigenvalue weighted by Gasteiger charge is -2.31. The summed E-state index contributed by atoms with van der Waals surface area (Å²) in [5.74, 6) is 1.34. The minimum atomic E-state index is 0.405. The summed E-state index contributed by atoms with van der Waals surface area (Å²) in [6.07, 6.45) is 5.44. The van der Waals surface area contributed by atoms with Gasteiger partial charge in [-0.15, -0.1) is 0 Å². The van der Waals surface area contributed by atoms with Gasteiger partial charge in [-0.1, -0.05) is 20.3 Å². The van der Waals surface area contributed by atoms with E-state index in [0.29, 0.717) is 12.2 Å². The van der Waals surface area contributed by atoms with E-state index < -0.39 is 0 Å². The van der Waals surface area contributed by atoms with Crippen molar-refractivity contribution in [1.29, 1.82) is 0 Å². The molecule has 1 saturated heterocycles. The molecule has 2 heteroatoms. The normalized spacial score (nSPS) is 19.9. The molecule has 0 radical (unpaired) electrons. The molecular formula is C12H23NO. The van der Waals surface area contributed by atoms with E-state index in [-0.39, 0.29) is 0 Å². The SMILES string of the molecule is CCC(=O)CCN1CCC(CC)CC1. The number of carbonyl (C=O) groups excluding carboxylic acids is 1. The standard InChI is InChI=1S/C12H23NO/c1-3-11-5-8-13(9-6-11)10-7-12(14)4-2/h11H,3-10H2,1-2H3. The molecule has 0 bridgehead atoms. The summed E-state index contributed by atoms with van der Waals surface area (Å²) < 4.78 is 0. The van der Waals surface area contributed by atoms with Crippen LogP contribution in [0.1, 0.15) is 46.0 Å². The predicted molar refractivity (Wildman–Crippen MR) is 59.4 cm³/mol. The van der Waals surface area contributed by atoms with E-state index in [9.17, 15) is 4.79 Å². The summed E-state index contributed by atoms with van der Waals surface area (Å²) >= 11 is 0. The van der Waals surface area contributed by atoms with Gasteiger partial charge in [0.2, 0.25) is 0 Å². The van der Waals surface area contributed by atoms with E-state index in [1.165, 1.54) is 32.4 Å². The number of rotatable bonds is 5. The Bertz CT molecular complexity index is 171. The lowest BCUT2D eigenvalue weighted by atomic mass is 9.94. The second-order valence-electron chi connectivity index (χ2n) is 4.34. The fourth-order valence-electron chi connectivity index (χ4n) is 2.08. The second kappa shape index (κ2) is 6.18. The highest BCUT2D eigenvalue weighted by Crippen LogP contribution is 2.19. The molecule has 0 atom stereocenters. The van der Waals surface area contributed by atoms with Gasteiger partial charge >= 0.3 is 0 Å². The number of Topliss-reactive ketones (excluding diaryl/α,β-unsaturated/α-hetero) is 1. The van der Waals surface area contributed by atoms with Crippen LogP contribution < -0.4 is 0 Å². The third kappa shape index (κ3) is 3.79. The Morgan fingerprint density at radius 1 is 1.29 bits per heavy atom. The van der Waals surface area contributed by atoms with E-state index in [1.807, 2.05) is 6.92 Å². The van der Waals surface area contributed by atoms with Crippen molar-refractivity contribution in [1.82, 2.24) is 4.90 Å². The molecule has 82 valence electrons. The third-order valence-electron chi connectivity index (χ3n) is 3.39. The van der Waals surface area contributed by atoms with Crippen LogP contribution >= 0.6 is 0 Å². The number of ketones is 1. The first-order valence-electron chi connectivity index (χ1n) is 6.00. The Hall–Kier alpha value is -0.370. The molecule has 1 aliphatic heterocycles. The second-order valence-corrected chi connectivity index (χ2v) is 4.34. The van der Waals surface area contributed by atoms with Gasteiger partial charge in [0.15, 0.2) is 0 Å². The average Bonchev–Trinajstić information content (AvgIpc) is 2.26. The fraction of sp³-hybridized carbons (Fsp3) is 0.917. The topological polar surface area (TPSA) is 20.3 Å². The van der Waals surface area contributed by atoms with Gasteiger partial charge in [0, 0.05) is 19.4 Å². The molecule has 0 saturated carbocycles. The fourth-order valence-corrected chi connectivity index (χ4v) is 2.08. The zero-order chi connectivity index (χ0) is 10.4. The first kappa shape index (κ1) is 11.7. The molecule has 14 heavy (non-hydrogen) atoms. The lowest BCUT2D eigenvalue weighted by Crippen LogP contribution is -2.34. The Morgan fingerprint density at radius 2 is 1.93 bits per heavy atom. The maximum atomic E-state index is 11.1. The average molecular weight is 197 g/mol. The number of carbonyl (C=O) groups is 1. The van der Waals surface area contributed by atoms with Gasteiger partial charge in [-0.2, -0.15) is 0 Å². The molecule has 0 aliphatic carbocycles. The molecular weight excluding hydrogens is 174 g/mol. The van der Waals surface area contributed by atoms with Crippen LogP contribution in [0.5, 0.6) is 0 Å². The van der Waals surface area contributed by atoms with E-state index in [1.54, 1.807) is 0 Å². The molecule has 0 aromatic rings. The van der Waals surface area contributed by atoms with Crippen LogP contribution in [0.2, 0.25) is 0 Å². The van der Waals surface area contributed by atoms with E-state index >= 15 is 0 Å². The van der Waals surface area contributed by atoms with Gasteiger partial charge in [-0.25, -0.2) is 0 Å². The molecule has 0 aromatic carbocycles. The van der Waals surface area contributed by atoms with Crippen molar-refractivity contribution in [3.63, 3.8) is 0 Å². The van der Waals surface area contributed by atoms with Crippen molar-refractivity contribution in [3.8, 4) is 0 Å². The Labute approximate surface area is 87.7 Å². The minimum absolute atomic E-state index is 0.405. The van der Waals surface area contributed by atoms with Crippen LogP contribution in [0.3, 0.4) is 0 Å². The largest absolute Gasteiger partial charge is 0.303 e. The highest BCUT2D eigenvalue weighted by Gasteiger charge is 2.17. The number of hydrogen-bond acceptors (Lipinski definition) is 2. The van der Waals surface area contributed by atoms with Crippen molar-refractivity contribution in [2.75, 3.05) is 19.6 Å². The smallest absolute Gasteiger partial charge is 0.133 e. The predicted octanol–water partition coefficient (Wildman–Crippen LogP) is 2.48. The highest BCUT2D eigenvalue weighted by atomic mass is 16.1. The summed E-state index contributed by atoms with van der Waals surface area (Å²) in [5, 5.41) is 0. The van der Waals surface area contributed by atoms with Crippen LogP contribution in [-0.2, 0) is 4.79 Å². The monoisotopic (exact) mass is 197 g/mol. The zero-order valence-electron chi connectivity index (χ0n) is 9.59. The van der Waals surface area contributed by atoms with Gasteiger partial charge in [0.25, 0.3) is 0 Å². The minimum Gasteiger partial charge on any atom is -0.303 e. The number of piperidine rings is 1. The van der Waals surface area contributed by atoms with E-state index in [4.69, 9.17) is 0 Å². The van der Waals surface area contributed by atoms with Crippen molar-refractivity contribution in [2.45, 2.75) is 46.0 Å². The van der Waals surface area contributed by atoms with Crippen molar-refractivity contribution >= 4 is 5.78 Å². The van der Waals surface area contributed by atoms with Crippen LogP contribution in [0.4, 0.5) is 0 Å². The maximum absolute atomic E-state index is 11.1. The van der Waals surface area contributed by atoms with Crippen molar-refractivity contribution in [3.05, 3.63) is 0 Å². The summed E-state index contributed by atoms with van der Waals surface area (Å²) in [6.45, 7) is 7.63. The van der Waals surface area contributed by atoms with Crippen LogP contribution in [0.25, 0.3) is 0 Å². The highest BCUT2D eigenvalue weighted by molar-refractivity contribution is 5.78. The van der Waals surface area contributed by atoms with Gasteiger partial charge < -0.3 is 4.90 Å². The van der Waals surface area contributed by atoms with Gasteiger partial charge in [-0.3, -0.25) is 4.79 Å².